The molecule has 1 saturated carbocycles. The van der Waals surface area contributed by atoms with E-state index in [0.717, 1.165) is 17.7 Å². The van der Waals surface area contributed by atoms with E-state index in [1.54, 1.807) is 6.92 Å². The molecule has 0 unspecified atom stereocenters. The molecule has 0 aromatic heterocycles. The predicted octanol–water partition coefficient (Wildman–Crippen LogP) is 2.41. The maximum absolute atomic E-state index is 13.1. The molecular formula is C24H29N3O4S. The molecule has 4 rings (SSSR count). The van der Waals surface area contributed by atoms with Gasteiger partial charge in [0.15, 0.2) is 0 Å². The van der Waals surface area contributed by atoms with Gasteiger partial charge in [-0.25, -0.2) is 0 Å². The highest BCUT2D eigenvalue weighted by atomic mass is 32.2. The maximum atomic E-state index is 13.1. The number of benzene rings is 2. The summed E-state index contributed by atoms with van der Waals surface area (Å²) < 4.78 is 30.1. The topological polar surface area (TPSA) is 90.0 Å². The molecule has 0 radical (unpaired) electrons. The van der Waals surface area contributed by atoms with Crippen LogP contribution in [0.2, 0.25) is 0 Å². The van der Waals surface area contributed by atoms with Crippen molar-refractivity contribution in [2.75, 3.05) is 32.7 Å². The third kappa shape index (κ3) is 4.49. The number of aliphatic carboxylic acids is 1. The lowest BCUT2D eigenvalue weighted by molar-refractivity contribution is -0.140. The molecule has 8 heteroatoms. The number of nitrogens with zero attached hydrogens (tertiary/aromatic N) is 2. The number of hydrogen-bond acceptors (Lipinski definition) is 4. The monoisotopic (exact) mass is 455 g/mol. The van der Waals surface area contributed by atoms with Gasteiger partial charge in [-0.1, -0.05) is 79.7 Å². The molecule has 2 aromatic carbocycles. The fraction of sp³-hybridized carbons (Fsp3) is 0.375. The van der Waals surface area contributed by atoms with E-state index in [1.165, 1.54) is 4.31 Å². The molecule has 2 N–H and O–H groups in total. The van der Waals surface area contributed by atoms with Crippen molar-refractivity contribution >= 4 is 22.3 Å². The van der Waals surface area contributed by atoms with Crippen molar-refractivity contribution in [2.24, 2.45) is 5.92 Å². The van der Waals surface area contributed by atoms with Crippen LogP contribution in [0.4, 0.5) is 0 Å². The summed E-state index contributed by atoms with van der Waals surface area (Å²) in [5.74, 6) is -1.85. The Morgan fingerprint density at radius 3 is 2.25 bits per heavy atom. The normalized spacial score (nSPS) is 26.9. The molecule has 170 valence electrons. The van der Waals surface area contributed by atoms with E-state index in [-0.39, 0.29) is 11.8 Å². The van der Waals surface area contributed by atoms with E-state index < -0.39 is 21.7 Å². The number of carboxylic acid groups (broad SMARTS) is 1. The van der Waals surface area contributed by atoms with Crippen LogP contribution in [-0.4, -0.2) is 67.0 Å². The average Bonchev–Trinajstić information content (AvgIpc) is 3.39. The van der Waals surface area contributed by atoms with E-state index in [1.807, 2.05) is 60.7 Å². The molecule has 1 aliphatic heterocycles. The Morgan fingerprint density at radius 1 is 1.06 bits per heavy atom. The number of carbonyl (C=O) groups is 1. The van der Waals surface area contributed by atoms with Gasteiger partial charge in [0.2, 0.25) is 0 Å². The first-order valence-electron chi connectivity index (χ1n) is 10.9. The SMILES string of the molecule is C[C@@H]1[C@H](c2ccccc2)[C@]1(NS(=O)(=O)N1CCN(CC=Cc2ccccc2)CC1)C(=O)O. The van der Waals surface area contributed by atoms with Crippen LogP contribution in [0.1, 0.15) is 24.0 Å². The van der Waals surface area contributed by atoms with Gasteiger partial charge in [0.1, 0.15) is 5.54 Å². The summed E-state index contributed by atoms with van der Waals surface area (Å²) >= 11 is 0. The third-order valence-electron chi connectivity index (χ3n) is 6.55. The van der Waals surface area contributed by atoms with Crippen LogP contribution in [0.25, 0.3) is 6.08 Å². The van der Waals surface area contributed by atoms with Crippen molar-refractivity contribution in [2.45, 2.75) is 18.4 Å². The minimum atomic E-state index is -3.93. The smallest absolute Gasteiger partial charge is 0.325 e. The van der Waals surface area contributed by atoms with Gasteiger partial charge in [0, 0.05) is 38.6 Å². The van der Waals surface area contributed by atoms with Crippen molar-refractivity contribution in [1.82, 2.24) is 13.9 Å². The molecular weight excluding hydrogens is 426 g/mol. The second kappa shape index (κ2) is 9.15. The highest BCUT2D eigenvalue weighted by molar-refractivity contribution is 7.87. The summed E-state index contributed by atoms with van der Waals surface area (Å²) in [6, 6.07) is 19.3. The largest absolute Gasteiger partial charge is 0.480 e. The lowest BCUT2D eigenvalue weighted by Crippen LogP contribution is -2.56. The first kappa shape index (κ1) is 22.7. The zero-order valence-corrected chi connectivity index (χ0v) is 18.9. The van der Waals surface area contributed by atoms with Gasteiger partial charge >= 0.3 is 5.97 Å². The number of carboxylic acids is 1. The van der Waals surface area contributed by atoms with Crippen molar-refractivity contribution < 1.29 is 18.3 Å². The van der Waals surface area contributed by atoms with E-state index in [4.69, 9.17) is 0 Å². The Balaban J connectivity index is 1.37. The van der Waals surface area contributed by atoms with Crippen molar-refractivity contribution in [3.8, 4) is 0 Å². The molecule has 0 bridgehead atoms. The summed E-state index contributed by atoms with van der Waals surface area (Å²) in [7, 11) is -3.93. The molecule has 32 heavy (non-hydrogen) atoms. The predicted molar refractivity (Wildman–Crippen MR) is 124 cm³/mol. The van der Waals surface area contributed by atoms with Crippen LogP contribution in [0, 0.1) is 5.92 Å². The summed E-state index contributed by atoms with van der Waals surface area (Å²) in [4.78, 5) is 14.3. The lowest BCUT2D eigenvalue weighted by Gasteiger charge is -2.34. The Morgan fingerprint density at radius 2 is 1.66 bits per heavy atom. The minimum Gasteiger partial charge on any atom is -0.480 e. The molecule has 0 spiro atoms. The van der Waals surface area contributed by atoms with Crippen LogP contribution >= 0.6 is 0 Å². The quantitative estimate of drug-likeness (QED) is 0.638. The van der Waals surface area contributed by atoms with Crippen molar-refractivity contribution in [1.29, 1.82) is 0 Å². The van der Waals surface area contributed by atoms with E-state index in [9.17, 15) is 18.3 Å². The van der Waals surface area contributed by atoms with E-state index in [2.05, 4.69) is 21.8 Å². The van der Waals surface area contributed by atoms with Crippen LogP contribution in [0.3, 0.4) is 0 Å². The standard InChI is InChI=1S/C24H29N3O4S/c1-19-22(21-12-6-3-7-13-21)24(19,23(28)29)25-32(30,31)27-17-15-26(16-18-27)14-8-11-20-9-4-2-5-10-20/h2-13,19,22,25H,14-18H2,1H3,(H,28,29)/t19-,22-,24+/m1/s1. The Bertz CT molecular complexity index is 1070. The molecule has 1 saturated heterocycles. The molecule has 2 fully saturated rings. The zero-order valence-electron chi connectivity index (χ0n) is 18.1. The van der Waals surface area contributed by atoms with Crippen LogP contribution in [0.5, 0.6) is 0 Å². The van der Waals surface area contributed by atoms with Gasteiger partial charge in [-0.15, -0.1) is 0 Å². The van der Waals surface area contributed by atoms with E-state index in [0.29, 0.717) is 26.2 Å². The van der Waals surface area contributed by atoms with Crippen LogP contribution in [0.15, 0.2) is 66.7 Å². The highest BCUT2D eigenvalue weighted by Crippen LogP contribution is 2.57. The van der Waals surface area contributed by atoms with E-state index >= 15 is 0 Å². The maximum Gasteiger partial charge on any atom is 0.325 e. The number of nitrogens with one attached hydrogen (secondary N) is 1. The summed E-state index contributed by atoms with van der Waals surface area (Å²) in [6.07, 6.45) is 4.13. The first-order valence-corrected chi connectivity index (χ1v) is 12.3. The molecule has 3 atom stereocenters. The molecule has 1 heterocycles. The van der Waals surface area contributed by atoms with Gasteiger partial charge in [0.05, 0.1) is 0 Å². The molecule has 0 amide bonds. The molecule has 1 aliphatic carbocycles. The zero-order chi connectivity index (χ0) is 22.8. The fourth-order valence-electron chi connectivity index (χ4n) is 4.63. The van der Waals surface area contributed by atoms with Crippen LogP contribution < -0.4 is 4.72 Å². The Labute approximate surface area is 189 Å². The summed E-state index contributed by atoms with van der Waals surface area (Å²) in [6.45, 7) is 4.37. The van der Waals surface area contributed by atoms with Crippen molar-refractivity contribution in [3.05, 3.63) is 77.9 Å². The summed E-state index contributed by atoms with van der Waals surface area (Å²) in [5.41, 5.74) is 0.457. The number of hydrogen-bond donors (Lipinski definition) is 2. The van der Waals surface area contributed by atoms with Gasteiger partial charge < -0.3 is 5.11 Å². The number of piperazine rings is 1. The van der Waals surface area contributed by atoms with Gasteiger partial charge in [-0.05, 0) is 17.0 Å². The molecule has 2 aromatic rings. The van der Waals surface area contributed by atoms with Gasteiger partial charge in [0.25, 0.3) is 10.2 Å². The fourth-order valence-corrected chi connectivity index (χ4v) is 6.23. The third-order valence-corrected chi connectivity index (χ3v) is 8.20. The second-order valence-corrected chi connectivity index (χ2v) is 10.1. The van der Waals surface area contributed by atoms with Gasteiger partial charge in [-0.3, -0.25) is 9.69 Å². The van der Waals surface area contributed by atoms with Crippen LogP contribution in [-0.2, 0) is 15.0 Å². The molecule has 7 nitrogen and oxygen atoms in total. The Kier molecular flexibility index (Phi) is 6.48. The minimum absolute atomic E-state index is 0.328. The Hall–Kier alpha value is -2.52. The lowest BCUT2D eigenvalue weighted by atomic mass is 10.1. The first-order chi connectivity index (χ1) is 15.3. The van der Waals surface area contributed by atoms with Gasteiger partial charge in [-0.2, -0.15) is 17.4 Å². The average molecular weight is 456 g/mol. The number of rotatable bonds is 8. The molecule has 2 aliphatic rings. The summed E-state index contributed by atoms with van der Waals surface area (Å²) in [5, 5.41) is 9.94. The second-order valence-electron chi connectivity index (χ2n) is 8.47. The highest BCUT2D eigenvalue weighted by Gasteiger charge is 2.70. The van der Waals surface area contributed by atoms with Crippen molar-refractivity contribution in [3.63, 3.8) is 0 Å².